The first-order valence-electron chi connectivity index (χ1n) is 7.81. The molecule has 0 aliphatic rings. The Morgan fingerprint density at radius 3 is 2.42 bits per heavy atom. The average molecular weight is 402 g/mol. The molecule has 0 bridgehead atoms. The number of fused-ring (bicyclic) bond motifs is 1. The number of methoxy groups -OCH3 is 1. The third-order valence-electron chi connectivity index (χ3n) is 3.89. The summed E-state index contributed by atoms with van der Waals surface area (Å²) in [5, 5.41) is 2.97. The molecule has 4 aromatic rings. The molecule has 0 unspecified atom stereocenters. The Kier molecular flexibility index (Phi) is 4.81. The van der Waals surface area contributed by atoms with Gasteiger partial charge in [-0.3, -0.25) is 0 Å². The summed E-state index contributed by atoms with van der Waals surface area (Å²) in [6.07, 6.45) is 0. The van der Waals surface area contributed by atoms with Crippen LogP contribution in [0.15, 0.2) is 75.1 Å². The molecule has 0 atom stereocenters. The molecule has 0 fully saturated rings. The number of nitrogens with zero attached hydrogens (tertiary/aromatic N) is 1. The van der Waals surface area contributed by atoms with E-state index in [2.05, 4.69) is 4.98 Å². The number of aromatic nitrogens is 1. The minimum Gasteiger partial charge on any atom is -0.497 e. The second-order valence-electron chi connectivity index (χ2n) is 5.52. The second-order valence-corrected chi connectivity index (χ2v) is 7.31. The lowest BCUT2D eigenvalue weighted by atomic mass is 10.1. The second kappa shape index (κ2) is 7.23. The highest BCUT2D eigenvalue weighted by Gasteiger charge is 2.20. The maximum atomic E-state index is 6.40. The Labute approximate surface area is 164 Å². The first kappa shape index (κ1) is 17.3. The van der Waals surface area contributed by atoms with Crippen LogP contribution in [-0.4, -0.2) is 12.1 Å². The first-order valence-corrected chi connectivity index (χ1v) is 9.39. The molecule has 6 heteroatoms. The van der Waals surface area contributed by atoms with Gasteiger partial charge < -0.3 is 9.15 Å². The van der Waals surface area contributed by atoms with E-state index in [1.54, 1.807) is 13.2 Å². The number of hydrogen-bond donors (Lipinski definition) is 0. The van der Waals surface area contributed by atoms with Crippen LogP contribution in [-0.2, 0) is 0 Å². The van der Waals surface area contributed by atoms with Gasteiger partial charge in [0.05, 0.1) is 12.5 Å². The van der Waals surface area contributed by atoms with E-state index in [1.807, 2.05) is 54.6 Å². The zero-order valence-corrected chi connectivity index (χ0v) is 16.0. The quantitative estimate of drug-likeness (QED) is 0.346. The van der Waals surface area contributed by atoms with Gasteiger partial charge in [-0.05, 0) is 42.5 Å². The van der Waals surface area contributed by atoms with Gasteiger partial charge >= 0.3 is 0 Å². The number of ether oxygens (including phenoxy) is 1. The summed E-state index contributed by atoms with van der Waals surface area (Å²) in [5.74, 6) is 1.44. The van der Waals surface area contributed by atoms with Crippen LogP contribution in [0.2, 0.25) is 10.3 Å². The van der Waals surface area contributed by atoms with E-state index in [1.165, 1.54) is 11.8 Å². The van der Waals surface area contributed by atoms with Crippen molar-refractivity contribution in [2.24, 2.45) is 0 Å². The highest BCUT2D eigenvalue weighted by Crippen LogP contribution is 2.44. The Balaban J connectivity index is 1.89. The molecular weight excluding hydrogens is 389 g/mol. The summed E-state index contributed by atoms with van der Waals surface area (Å²) in [6.45, 7) is 0. The van der Waals surface area contributed by atoms with Crippen molar-refractivity contribution in [3.8, 4) is 17.1 Å². The molecule has 2 aromatic heterocycles. The zero-order chi connectivity index (χ0) is 18.1. The Bertz CT molecular complexity index is 1060. The summed E-state index contributed by atoms with van der Waals surface area (Å²) < 4.78 is 11.4. The molecule has 0 amide bonds. The van der Waals surface area contributed by atoms with Crippen LogP contribution >= 0.6 is 35.0 Å². The van der Waals surface area contributed by atoms with E-state index in [4.69, 9.17) is 32.4 Å². The van der Waals surface area contributed by atoms with Gasteiger partial charge in [0.15, 0.2) is 5.09 Å². The van der Waals surface area contributed by atoms with E-state index in [9.17, 15) is 0 Å². The average Bonchev–Trinajstić information content (AvgIpc) is 3.01. The van der Waals surface area contributed by atoms with Crippen molar-refractivity contribution in [1.82, 2.24) is 4.98 Å². The lowest BCUT2D eigenvalue weighted by molar-refractivity contribution is 0.415. The standard InChI is InChI=1S/C20H13Cl2NO2S/c1-24-13-9-7-12(8-10-13)18-17-15(11-16(21)23-19(17)22)20(25-18)26-14-5-3-2-4-6-14/h2-11H,1H3. The van der Waals surface area contributed by atoms with Gasteiger partial charge in [0, 0.05) is 15.8 Å². The number of pyridine rings is 1. The van der Waals surface area contributed by atoms with Crippen LogP contribution in [0.25, 0.3) is 22.1 Å². The van der Waals surface area contributed by atoms with Crippen LogP contribution in [0.4, 0.5) is 0 Å². The molecule has 26 heavy (non-hydrogen) atoms. The van der Waals surface area contributed by atoms with Crippen molar-refractivity contribution in [2.45, 2.75) is 9.99 Å². The normalized spacial score (nSPS) is 11.0. The summed E-state index contributed by atoms with van der Waals surface area (Å²) in [4.78, 5) is 5.24. The molecule has 2 aromatic carbocycles. The van der Waals surface area contributed by atoms with Crippen LogP contribution in [0.1, 0.15) is 0 Å². The molecule has 3 nitrogen and oxygen atoms in total. The number of furan rings is 1. The third-order valence-corrected chi connectivity index (χ3v) is 5.36. The molecule has 130 valence electrons. The summed E-state index contributed by atoms with van der Waals surface area (Å²) in [7, 11) is 1.63. The highest BCUT2D eigenvalue weighted by molar-refractivity contribution is 7.99. The van der Waals surface area contributed by atoms with E-state index < -0.39 is 0 Å². The number of rotatable bonds is 4. The van der Waals surface area contributed by atoms with E-state index >= 15 is 0 Å². The van der Waals surface area contributed by atoms with Crippen molar-refractivity contribution in [3.05, 3.63) is 71.0 Å². The molecule has 0 aliphatic carbocycles. The first-order chi connectivity index (χ1) is 12.7. The van der Waals surface area contributed by atoms with Gasteiger partial charge in [-0.2, -0.15) is 0 Å². The fraction of sp³-hybridized carbons (Fsp3) is 0.0500. The maximum Gasteiger partial charge on any atom is 0.173 e. The lowest BCUT2D eigenvalue weighted by Gasteiger charge is -2.02. The Morgan fingerprint density at radius 1 is 1.00 bits per heavy atom. The number of benzene rings is 2. The van der Waals surface area contributed by atoms with Crippen molar-refractivity contribution in [2.75, 3.05) is 7.11 Å². The lowest BCUT2D eigenvalue weighted by Crippen LogP contribution is -1.83. The highest BCUT2D eigenvalue weighted by atomic mass is 35.5. The predicted octanol–water partition coefficient (Wildman–Crippen LogP) is 6.96. The number of halogens is 2. The smallest absolute Gasteiger partial charge is 0.173 e. The van der Waals surface area contributed by atoms with Crippen LogP contribution < -0.4 is 4.74 Å². The van der Waals surface area contributed by atoms with Crippen LogP contribution in [0.3, 0.4) is 0 Å². The van der Waals surface area contributed by atoms with Gasteiger partial charge in [-0.1, -0.05) is 53.2 Å². The molecule has 4 rings (SSSR count). The van der Waals surface area contributed by atoms with Gasteiger partial charge in [-0.15, -0.1) is 0 Å². The molecule has 0 radical (unpaired) electrons. The van der Waals surface area contributed by atoms with Gasteiger partial charge in [0.25, 0.3) is 0 Å². The van der Waals surface area contributed by atoms with Crippen LogP contribution in [0, 0.1) is 0 Å². The predicted molar refractivity (Wildman–Crippen MR) is 107 cm³/mol. The monoisotopic (exact) mass is 401 g/mol. The van der Waals surface area contributed by atoms with Crippen molar-refractivity contribution in [3.63, 3.8) is 0 Å². The van der Waals surface area contributed by atoms with Crippen molar-refractivity contribution >= 4 is 45.7 Å². The van der Waals surface area contributed by atoms with Crippen molar-refractivity contribution in [1.29, 1.82) is 0 Å². The van der Waals surface area contributed by atoms with Gasteiger partial charge in [-0.25, -0.2) is 4.98 Å². The number of hydrogen-bond acceptors (Lipinski definition) is 4. The topological polar surface area (TPSA) is 35.3 Å². The van der Waals surface area contributed by atoms with Gasteiger partial charge in [0.2, 0.25) is 0 Å². The Morgan fingerprint density at radius 2 is 1.73 bits per heavy atom. The summed E-state index contributed by atoms with van der Waals surface area (Å²) >= 11 is 14.1. The molecule has 2 heterocycles. The van der Waals surface area contributed by atoms with Gasteiger partial charge in [0.1, 0.15) is 21.8 Å². The molecule has 0 saturated heterocycles. The zero-order valence-electron chi connectivity index (χ0n) is 13.7. The molecule has 0 aliphatic heterocycles. The van der Waals surface area contributed by atoms with E-state index in [-0.39, 0.29) is 0 Å². The summed E-state index contributed by atoms with van der Waals surface area (Å²) in [6, 6.07) is 19.4. The Hall–Kier alpha value is -2.14. The largest absolute Gasteiger partial charge is 0.497 e. The molecule has 0 spiro atoms. The molecular formula is C20H13Cl2NO2S. The molecule has 0 saturated carbocycles. The van der Waals surface area contributed by atoms with E-state index in [0.717, 1.165) is 32.1 Å². The third kappa shape index (κ3) is 3.28. The minimum absolute atomic E-state index is 0.321. The van der Waals surface area contributed by atoms with Crippen LogP contribution in [0.5, 0.6) is 5.75 Å². The minimum atomic E-state index is 0.321. The fourth-order valence-electron chi connectivity index (χ4n) is 2.68. The fourth-order valence-corrected chi connectivity index (χ4v) is 4.10. The SMILES string of the molecule is COc1ccc(-c2oc(Sc3ccccc3)c3cc(Cl)nc(Cl)c23)cc1. The summed E-state index contributed by atoms with van der Waals surface area (Å²) in [5.41, 5.74) is 0.890. The molecule has 0 N–H and O–H groups in total. The van der Waals surface area contributed by atoms with E-state index in [0.29, 0.717) is 16.1 Å². The maximum absolute atomic E-state index is 6.40. The van der Waals surface area contributed by atoms with Crippen molar-refractivity contribution < 1.29 is 9.15 Å².